The molecule has 0 N–H and O–H groups in total. The molecule has 23 heavy (non-hydrogen) atoms. The van der Waals surface area contributed by atoms with Crippen molar-refractivity contribution in [3.05, 3.63) is 76.6 Å². The fourth-order valence-electron chi connectivity index (χ4n) is 0. The van der Waals surface area contributed by atoms with Gasteiger partial charge in [-0.25, -0.2) is 0 Å². The molecule has 23 heteroatoms. The van der Waals surface area contributed by atoms with Crippen LogP contribution in [-0.4, -0.2) is 42.8 Å². The molecule has 0 aliphatic heterocycles. The van der Waals surface area contributed by atoms with Gasteiger partial charge in [0.15, 0.2) is 0 Å². The molecule has 0 bridgehead atoms. The van der Waals surface area contributed by atoms with Crippen molar-refractivity contribution >= 4 is 17.4 Å². The van der Waals surface area contributed by atoms with Crippen molar-refractivity contribution in [1.29, 1.82) is 0 Å². The molecule has 0 spiro atoms. The predicted molar refractivity (Wildman–Crippen MR) is 57.6 cm³/mol. The Bertz CT molecular complexity index is 217. The van der Waals surface area contributed by atoms with Crippen LogP contribution in [0.15, 0.2) is 0 Å². The number of hydrogen-bond acceptors (Lipinski definition) is 15. The minimum Gasteiger partial charge on any atom is -0.356 e. The van der Waals surface area contributed by atoms with Crippen molar-refractivity contribution in [1.82, 2.24) is 0 Å². The molecule has 140 valence electrons. The van der Waals surface area contributed by atoms with E-state index in [4.69, 9.17) is 76.6 Å². The van der Waals surface area contributed by atoms with Crippen molar-refractivity contribution in [2.45, 2.75) is 0 Å². The van der Waals surface area contributed by atoms with Crippen molar-refractivity contribution in [3.8, 4) is 0 Å². The van der Waals surface area contributed by atoms with Crippen LogP contribution in [0.1, 0.15) is 0 Å². The molecule has 0 amide bonds. The summed E-state index contributed by atoms with van der Waals surface area (Å²) in [5.41, 5.74) is 0. The largest absolute Gasteiger partial charge is 3.00 e. The third-order valence-electron chi connectivity index (χ3n) is 0. The Labute approximate surface area is 164 Å². The first-order chi connectivity index (χ1) is 8.66. The molecule has 0 saturated carbocycles. The van der Waals surface area contributed by atoms with Gasteiger partial charge in [-0.05, 0) is 0 Å². The summed E-state index contributed by atoms with van der Waals surface area (Å²) in [6, 6.07) is 0. The maximum absolute atomic E-state index is 8.25. The Hall–Kier alpha value is -1.99. The van der Waals surface area contributed by atoms with Gasteiger partial charge in [-0.3, -0.25) is 0 Å². The van der Waals surface area contributed by atoms with Gasteiger partial charge in [-0.1, -0.05) is 0 Å². The molecule has 0 rings (SSSR count). The van der Waals surface area contributed by atoms with E-state index in [2.05, 4.69) is 0 Å². The van der Waals surface area contributed by atoms with Crippen LogP contribution in [0.5, 0.6) is 0 Å². The molecule has 0 saturated heterocycles. The van der Waals surface area contributed by atoms with E-state index in [1.54, 1.807) is 0 Å². The quantitative estimate of drug-likeness (QED) is 0.186. The first-order valence-corrected chi connectivity index (χ1v) is 2.74. The summed E-state index contributed by atoms with van der Waals surface area (Å²) < 4.78 is 0. The van der Waals surface area contributed by atoms with Gasteiger partial charge in [0.05, 0.1) is 25.4 Å². The minimum absolute atomic E-state index is 0. The van der Waals surface area contributed by atoms with Crippen LogP contribution in [0.3, 0.4) is 0 Å². The van der Waals surface area contributed by atoms with Gasteiger partial charge in [0.1, 0.15) is 0 Å². The molecule has 0 aromatic heterocycles. The van der Waals surface area contributed by atoms with Crippen LogP contribution in [0.25, 0.3) is 0 Å². The van der Waals surface area contributed by atoms with E-state index >= 15 is 0 Å². The molecule has 0 atom stereocenters. The van der Waals surface area contributed by atoms with Crippen molar-refractivity contribution < 1.29 is 70.2 Å². The Morgan fingerprint density at radius 2 is 0.348 bits per heavy atom. The molecule has 0 fully saturated rings. The summed E-state index contributed by atoms with van der Waals surface area (Å²) in [6.45, 7) is 0. The minimum atomic E-state index is -1.75. The van der Waals surface area contributed by atoms with Gasteiger partial charge in [0.2, 0.25) is 0 Å². The first-order valence-electron chi connectivity index (χ1n) is 2.74. The van der Waals surface area contributed by atoms with Gasteiger partial charge in [-0.15, -0.1) is 0 Å². The van der Waals surface area contributed by atoms with Crippen LogP contribution in [0, 0.1) is 76.6 Å². The number of rotatable bonds is 0. The van der Waals surface area contributed by atoms with Gasteiger partial charge in [0.25, 0.3) is 0 Å². The van der Waals surface area contributed by atoms with E-state index in [-0.39, 0.29) is 62.1 Å². The fraction of sp³-hybridized carbons (Fsp3) is 0. The Morgan fingerprint density at radius 3 is 0.348 bits per heavy atom. The molecular formula is Ag2AlN5O15. The van der Waals surface area contributed by atoms with Crippen LogP contribution in [0.2, 0.25) is 0 Å². The second kappa shape index (κ2) is 42.7. The molecule has 0 aromatic carbocycles. The standard InChI is InChI=1S/2Ag.Al.5NO3/c;;;5*2-1(3)4/q2*+1;+3;5*-1. The first kappa shape index (κ1) is 49.7. The molecule has 0 aliphatic rings. The molecule has 0 unspecified atom stereocenters. The average Bonchev–Trinajstić information content (AvgIpc) is 1.94. The van der Waals surface area contributed by atoms with E-state index in [1.165, 1.54) is 0 Å². The van der Waals surface area contributed by atoms with Crippen LogP contribution in [-0.2, 0) is 44.8 Å². The third kappa shape index (κ3) is 1640. The Morgan fingerprint density at radius 1 is 0.348 bits per heavy atom. The second-order valence-corrected chi connectivity index (χ2v) is 1.12. The maximum Gasteiger partial charge on any atom is 3.00 e. The molecule has 0 aliphatic carbocycles. The number of hydrogen-bond donors (Lipinski definition) is 0. The van der Waals surface area contributed by atoms with Crippen molar-refractivity contribution in [3.63, 3.8) is 0 Å². The monoisotopic (exact) mass is 551 g/mol. The SMILES string of the molecule is O=[N+]([O-])[O-].O=[N+]([O-])[O-].O=[N+]([O-])[O-].O=[N+]([O-])[O-].O=[N+]([O-])[O-].[Ag+].[Ag+].[Al+3]. The number of nitrogens with zero attached hydrogens (tertiary/aromatic N) is 5. The Kier molecular flexibility index (Phi) is 92.3. The third-order valence-corrected chi connectivity index (χ3v) is 0. The topological polar surface area (TPSA) is 331 Å². The van der Waals surface area contributed by atoms with Crippen molar-refractivity contribution in [2.75, 3.05) is 0 Å². The van der Waals surface area contributed by atoms with Gasteiger partial charge in [0, 0.05) is 0 Å². The van der Waals surface area contributed by atoms with E-state index < -0.39 is 25.4 Å². The Balaban J connectivity index is -0.0000000197. The fourth-order valence-corrected chi connectivity index (χ4v) is 0. The normalized spacial score (nSPS) is 5.22. The summed E-state index contributed by atoms with van der Waals surface area (Å²) in [5.74, 6) is 0. The van der Waals surface area contributed by atoms with Crippen LogP contribution >= 0.6 is 0 Å². The predicted octanol–water partition coefficient (Wildman–Crippen LogP) is -1.58. The zero-order chi connectivity index (χ0) is 17.9. The summed E-state index contributed by atoms with van der Waals surface area (Å²) >= 11 is 0. The molecule has 0 radical (unpaired) electrons. The van der Waals surface area contributed by atoms with Gasteiger partial charge >= 0.3 is 62.1 Å². The van der Waals surface area contributed by atoms with E-state index in [1.807, 2.05) is 0 Å². The molecule has 0 heterocycles. The van der Waals surface area contributed by atoms with Crippen molar-refractivity contribution in [2.24, 2.45) is 0 Å². The van der Waals surface area contributed by atoms with Crippen LogP contribution < -0.4 is 0 Å². The second-order valence-electron chi connectivity index (χ2n) is 1.12. The summed E-state index contributed by atoms with van der Waals surface area (Å²) in [5, 5.41) is 73.8. The average molecular weight is 553 g/mol. The summed E-state index contributed by atoms with van der Waals surface area (Å²) in [6.07, 6.45) is 0. The summed E-state index contributed by atoms with van der Waals surface area (Å²) in [4.78, 5) is 41.2. The van der Waals surface area contributed by atoms with E-state index in [0.29, 0.717) is 0 Å². The van der Waals surface area contributed by atoms with E-state index in [0.717, 1.165) is 0 Å². The molecular weight excluding hydrogens is 553 g/mol. The van der Waals surface area contributed by atoms with Gasteiger partial charge < -0.3 is 76.6 Å². The molecule has 0 aromatic rings. The van der Waals surface area contributed by atoms with Gasteiger partial charge in [-0.2, -0.15) is 0 Å². The zero-order valence-corrected chi connectivity index (χ0v) is 13.7. The zero-order valence-electron chi connectivity index (χ0n) is 9.54. The van der Waals surface area contributed by atoms with Crippen LogP contribution in [0.4, 0.5) is 0 Å². The molecule has 20 nitrogen and oxygen atoms in total. The smallest absolute Gasteiger partial charge is 0.356 e. The van der Waals surface area contributed by atoms with E-state index in [9.17, 15) is 0 Å². The maximum atomic E-state index is 8.25. The summed E-state index contributed by atoms with van der Waals surface area (Å²) in [7, 11) is 0.